The molecule has 2 rings (SSSR count). The lowest BCUT2D eigenvalue weighted by atomic mass is 10.2. The smallest absolute Gasteiger partial charge is 0.242 e. The Labute approximate surface area is 88.6 Å². The lowest BCUT2D eigenvalue weighted by Gasteiger charge is -2.33. The molecule has 15 heavy (non-hydrogen) atoms. The minimum Gasteiger partial charge on any atom is -0.339 e. The molecule has 0 saturated carbocycles. The number of hydrogen-bond acceptors (Lipinski definition) is 4. The van der Waals surface area contributed by atoms with Crippen LogP contribution in [-0.4, -0.2) is 60.9 Å². The van der Waals surface area contributed by atoms with Crippen molar-refractivity contribution < 1.29 is 9.59 Å². The van der Waals surface area contributed by atoms with Gasteiger partial charge in [0.1, 0.15) is 6.04 Å². The van der Waals surface area contributed by atoms with Crippen LogP contribution >= 0.6 is 0 Å². The highest BCUT2D eigenvalue weighted by Gasteiger charge is 2.31. The van der Waals surface area contributed by atoms with E-state index in [0.29, 0.717) is 0 Å². The van der Waals surface area contributed by atoms with Gasteiger partial charge in [-0.3, -0.25) is 15.0 Å². The van der Waals surface area contributed by atoms with Crippen LogP contribution in [0.3, 0.4) is 0 Å². The highest BCUT2D eigenvalue weighted by atomic mass is 16.2. The summed E-state index contributed by atoms with van der Waals surface area (Å²) in [5.41, 5.74) is 5.16. The maximum Gasteiger partial charge on any atom is 0.242 e. The first-order chi connectivity index (χ1) is 7.16. The van der Waals surface area contributed by atoms with E-state index in [4.69, 9.17) is 0 Å². The van der Waals surface area contributed by atoms with Gasteiger partial charge >= 0.3 is 0 Å². The fourth-order valence-electron chi connectivity index (χ4n) is 1.85. The zero-order valence-corrected chi connectivity index (χ0v) is 8.82. The van der Waals surface area contributed by atoms with Crippen molar-refractivity contribution >= 4 is 11.8 Å². The zero-order valence-electron chi connectivity index (χ0n) is 8.82. The number of hydrogen-bond donors (Lipinski definition) is 2. The number of carbonyl (C=O) groups is 2. The molecule has 2 N–H and O–H groups in total. The zero-order chi connectivity index (χ0) is 10.8. The van der Waals surface area contributed by atoms with Crippen LogP contribution in [0.5, 0.6) is 0 Å². The fourth-order valence-corrected chi connectivity index (χ4v) is 1.85. The van der Waals surface area contributed by atoms with E-state index < -0.39 is 0 Å². The second kappa shape index (κ2) is 4.16. The third kappa shape index (κ3) is 2.27. The van der Waals surface area contributed by atoms with Gasteiger partial charge in [0, 0.05) is 26.2 Å². The summed E-state index contributed by atoms with van der Waals surface area (Å²) in [4.78, 5) is 26.9. The topological polar surface area (TPSA) is 64.7 Å². The molecule has 0 bridgehead atoms. The lowest BCUT2D eigenvalue weighted by Crippen LogP contribution is -2.52. The van der Waals surface area contributed by atoms with E-state index in [0.717, 1.165) is 26.2 Å². The molecule has 1 unspecified atom stereocenters. The van der Waals surface area contributed by atoms with Crippen molar-refractivity contribution in [1.82, 2.24) is 20.7 Å². The van der Waals surface area contributed by atoms with E-state index in [9.17, 15) is 9.59 Å². The molecular formula is C9H16N4O2. The molecule has 2 saturated heterocycles. The van der Waals surface area contributed by atoms with E-state index >= 15 is 0 Å². The van der Waals surface area contributed by atoms with Crippen LogP contribution in [0.1, 0.15) is 6.42 Å². The van der Waals surface area contributed by atoms with Gasteiger partial charge in [0.25, 0.3) is 0 Å². The van der Waals surface area contributed by atoms with E-state index in [-0.39, 0.29) is 24.3 Å². The Morgan fingerprint density at radius 1 is 1.33 bits per heavy atom. The number of hydrazine groups is 1. The molecule has 2 aliphatic heterocycles. The summed E-state index contributed by atoms with van der Waals surface area (Å²) in [5.74, 6) is -0.0797. The Balaban J connectivity index is 1.88. The summed E-state index contributed by atoms with van der Waals surface area (Å²) in [6.45, 7) is 3.31. The molecule has 0 aromatic rings. The second-order valence-electron chi connectivity index (χ2n) is 4.08. The molecule has 6 heteroatoms. The molecule has 2 amide bonds. The lowest BCUT2D eigenvalue weighted by molar-refractivity contribution is -0.135. The van der Waals surface area contributed by atoms with E-state index in [1.165, 1.54) is 0 Å². The Kier molecular flexibility index (Phi) is 2.88. The molecule has 2 fully saturated rings. The first-order valence-corrected chi connectivity index (χ1v) is 5.18. The van der Waals surface area contributed by atoms with Crippen LogP contribution in [0.2, 0.25) is 0 Å². The number of nitrogens with one attached hydrogen (secondary N) is 2. The summed E-state index contributed by atoms with van der Waals surface area (Å²) in [7, 11) is 2.04. The molecule has 0 aromatic heterocycles. The maximum atomic E-state index is 11.9. The van der Waals surface area contributed by atoms with Crippen LogP contribution in [-0.2, 0) is 9.59 Å². The van der Waals surface area contributed by atoms with E-state index in [1.807, 2.05) is 11.9 Å². The Morgan fingerprint density at radius 3 is 2.53 bits per heavy atom. The van der Waals surface area contributed by atoms with E-state index in [2.05, 4.69) is 15.8 Å². The quantitative estimate of drug-likeness (QED) is 0.536. The van der Waals surface area contributed by atoms with Crippen molar-refractivity contribution in [2.75, 3.05) is 33.2 Å². The van der Waals surface area contributed by atoms with Crippen molar-refractivity contribution in [3.63, 3.8) is 0 Å². The van der Waals surface area contributed by atoms with Crippen LogP contribution in [0.4, 0.5) is 0 Å². The second-order valence-corrected chi connectivity index (χ2v) is 4.08. The summed E-state index contributed by atoms with van der Waals surface area (Å²) < 4.78 is 0. The summed E-state index contributed by atoms with van der Waals surface area (Å²) in [6.07, 6.45) is 0.255. The monoisotopic (exact) mass is 212 g/mol. The number of piperazine rings is 1. The van der Waals surface area contributed by atoms with Gasteiger partial charge in [-0.2, -0.15) is 0 Å². The predicted octanol–water partition coefficient (Wildman–Crippen LogP) is -1.85. The molecule has 0 aliphatic carbocycles. The van der Waals surface area contributed by atoms with Crippen LogP contribution in [0.15, 0.2) is 0 Å². The molecule has 84 valence electrons. The number of amides is 2. The van der Waals surface area contributed by atoms with Crippen molar-refractivity contribution in [1.29, 1.82) is 0 Å². The molecule has 6 nitrogen and oxygen atoms in total. The minimum atomic E-state index is -0.374. The number of nitrogens with zero attached hydrogens (tertiary/aromatic N) is 2. The maximum absolute atomic E-state index is 11.9. The minimum absolute atomic E-state index is 0.0291. The van der Waals surface area contributed by atoms with Gasteiger partial charge < -0.3 is 9.80 Å². The normalized spacial score (nSPS) is 27.9. The number of rotatable bonds is 1. The molecule has 2 heterocycles. The van der Waals surface area contributed by atoms with Crippen molar-refractivity contribution in [2.45, 2.75) is 12.5 Å². The molecule has 1 atom stereocenters. The fraction of sp³-hybridized carbons (Fsp3) is 0.778. The Morgan fingerprint density at radius 2 is 2.00 bits per heavy atom. The highest BCUT2D eigenvalue weighted by molar-refractivity contribution is 5.90. The van der Waals surface area contributed by atoms with Crippen LogP contribution in [0, 0.1) is 0 Å². The summed E-state index contributed by atoms with van der Waals surface area (Å²) in [6, 6.07) is -0.374. The van der Waals surface area contributed by atoms with Crippen LogP contribution in [0.25, 0.3) is 0 Å². The van der Waals surface area contributed by atoms with Gasteiger partial charge in [0.05, 0.1) is 6.42 Å². The van der Waals surface area contributed by atoms with E-state index in [1.54, 1.807) is 0 Å². The predicted molar refractivity (Wildman–Crippen MR) is 53.8 cm³/mol. The third-order valence-electron chi connectivity index (χ3n) is 2.89. The van der Waals surface area contributed by atoms with Crippen molar-refractivity contribution in [3.05, 3.63) is 0 Å². The molecular weight excluding hydrogens is 196 g/mol. The van der Waals surface area contributed by atoms with Crippen molar-refractivity contribution in [3.8, 4) is 0 Å². The van der Waals surface area contributed by atoms with Crippen LogP contribution < -0.4 is 10.9 Å². The first kappa shape index (κ1) is 10.4. The average Bonchev–Trinajstić information content (AvgIpc) is 2.65. The largest absolute Gasteiger partial charge is 0.339 e. The Hall–Kier alpha value is -1.14. The standard InChI is InChI=1S/C9H16N4O2/c1-12-2-4-13(5-3-12)9(15)7-6-8(14)11-10-7/h7,10H,2-6H2,1H3,(H,11,14). The average molecular weight is 212 g/mol. The van der Waals surface area contributed by atoms with Gasteiger partial charge in [0.2, 0.25) is 11.8 Å². The van der Waals surface area contributed by atoms with Gasteiger partial charge in [-0.05, 0) is 7.05 Å². The first-order valence-electron chi connectivity index (χ1n) is 5.18. The molecule has 0 spiro atoms. The van der Waals surface area contributed by atoms with Gasteiger partial charge in [-0.25, -0.2) is 5.43 Å². The molecule has 0 radical (unpaired) electrons. The summed E-state index contributed by atoms with van der Waals surface area (Å²) in [5, 5.41) is 0. The van der Waals surface area contributed by atoms with Gasteiger partial charge in [-0.1, -0.05) is 0 Å². The van der Waals surface area contributed by atoms with Crippen molar-refractivity contribution in [2.24, 2.45) is 0 Å². The molecule has 2 aliphatic rings. The SMILES string of the molecule is CN1CCN(C(=O)C2CC(=O)NN2)CC1. The summed E-state index contributed by atoms with van der Waals surface area (Å²) >= 11 is 0. The third-order valence-corrected chi connectivity index (χ3v) is 2.89. The molecule has 0 aromatic carbocycles. The Bertz CT molecular complexity index is 273. The number of likely N-dealkylation sites (N-methyl/N-ethyl adjacent to an activating group) is 1. The van der Waals surface area contributed by atoms with Gasteiger partial charge in [0.15, 0.2) is 0 Å². The van der Waals surface area contributed by atoms with Gasteiger partial charge in [-0.15, -0.1) is 0 Å². The highest BCUT2D eigenvalue weighted by Crippen LogP contribution is 2.06. The number of carbonyl (C=O) groups excluding carboxylic acids is 2.